The van der Waals surface area contributed by atoms with Crippen LogP contribution in [-0.2, 0) is 14.2 Å². The molecule has 4 atom stereocenters. The van der Waals surface area contributed by atoms with E-state index in [0.29, 0.717) is 24.1 Å². The van der Waals surface area contributed by atoms with Crippen molar-refractivity contribution in [2.45, 2.75) is 40.8 Å². The maximum Gasteiger partial charge on any atom is 0.508 e. The second-order valence-corrected chi connectivity index (χ2v) is 11.8. The third-order valence-corrected chi connectivity index (χ3v) is 6.15. The van der Waals surface area contributed by atoms with Gasteiger partial charge in [-0.05, 0) is 12.8 Å². The highest BCUT2D eigenvalue weighted by atomic mass is 35.6. The van der Waals surface area contributed by atoms with Crippen molar-refractivity contribution in [3.8, 4) is 0 Å². The van der Waals surface area contributed by atoms with E-state index in [2.05, 4.69) is 52.9 Å². The fourth-order valence-corrected chi connectivity index (χ4v) is 4.19. The van der Waals surface area contributed by atoms with Gasteiger partial charge in [-0.1, -0.05) is 85.4 Å². The number of hydrogen-bond donors (Lipinski definition) is 7. The summed E-state index contributed by atoms with van der Waals surface area (Å²) in [4.78, 5) is 24.8. The molecule has 3 rings (SSSR count). The molecule has 0 aliphatic carbocycles. The van der Waals surface area contributed by atoms with Crippen LogP contribution >= 0.6 is 34.8 Å². The molecule has 0 aromatic rings. The van der Waals surface area contributed by atoms with Gasteiger partial charge in [-0.3, -0.25) is 4.90 Å². The number of amides is 1. The molecule has 1 amide bonds. The first-order chi connectivity index (χ1) is 19.8. The summed E-state index contributed by atoms with van der Waals surface area (Å²) in [5.41, 5.74) is 11.2. The largest absolute Gasteiger partial charge is 0.508 e. The Kier molecular flexibility index (Phi) is 13.8. The first kappa shape index (κ1) is 34.7. The van der Waals surface area contributed by atoms with E-state index in [1.165, 1.54) is 4.90 Å². The van der Waals surface area contributed by atoms with Crippen molar-refractivity contribution in [1.29, 1.82) is 0 Å². The number of cyclic esters (lactones) is 1. The van der Waals surface area contributed by atoms with Crippen LogP contribution in [0.2, 0.25) is 0 Å². The molecule has 1 saturated heterocycles. The summed E-state index contributed by atoms with van der Waals surface area (Å²) in [5, 5.41) is 15.4. The summed E-state index contributed by atoms with van der Waals surface area (Å²) < 4.78 is 13.2. The lowest BCUT2D eigenvalue weighted by Crippen LogP contribution is -2.51. The minimum atomic E-state index is -1.70. The van der Waals surface area contributed by atoms with Gasteiger partial charge in [-0.25, -0.2) is 9.59 Å². The van der Waals surface area contributed by atoms with Gasteiger partial charge >= 0.3 is 12.2 Å². The molecule has 0 saturated carbocycles. The summed E-state index contributed by atoms with van der Waals surface area (Å²) in [6.07, 6.45) is 8.22. The molecule has 1 unspecified atom stereocenters. The lowest BCUT2D eigenvalue weighted by atomic mass is 10.1. The van der Waals surface area contributed by atoms with E-state index >= 15 is 0 Å². The summed E-state index contributed by atoms with van der Waals surface area (Å²) in [6, 6.07) is -0.960. The molecule has 0 aromatic heterocycles. The highest BCUT2D eigenvalue weighted by molar-refractivity contribution is 6.67. The Balaban J connectivity index is 0.000000305. The van der Waals surface area contributed by atoms with Crippen LogP contribution in [0, 0.1) is 0 Å². The van der Waals surface area contributed by atoms with Crippen molar-refractivity contribution in [3.63, 3.8) is 0 Å². The van der Waals surface area contributed by atoms with E-state index in [1.54, 1.807) is 0 Å². The lowest BCUT2D eigenvalue weighted by Gasteiger charge is -2.28. The third kappa shape index (κ3) is 12.5. The molecular weight excluding hydrogens is 611 g/mol. The second-order valence-electron chi connectivity index (χ2n) is 9.33. The molecule has 3 aliphatic rings. The molecule has 3 aliphatic heterocycles. The van der Waals surface area contributed by atoms with Crippen molar-refractivity contribution in [2.24, 2.45) is 11.5 Å². The van der Waals surface area contributed by atoms with E-state index in [4.69, 9.17) is 60.5 Å². The van der Waals surface area contributed by atoms with Gasteiger partial charge < -0.3 is 52.3 Å². The van der Waals surface area contributed by atoms with Crippen molar-refractivity contribution in [3.05, 3.63) is 73.9 Å². The van der Waals surface area contributed by atoms with Crippen LogP contribution in [0.4, 0.5) is 9.59 Å². The number of rotatable bonds is 7. The minimum Gasteiger partial charge on any atom is -0.447 e. The number of halogens is 3. The number of fused-ring (bicyclic) bond motifs is 1. The van der Waals surface area contributed by atoms with Crippen LogP contribution in [0.15, 0.2) is 73.9 Å². The molecule has 234 valence electrons. The van der Waals surface area contributed by atoms with Crippen molar-refractivity contribution in [1.82, 2.24) is 31.5 Å². The SMILES string of the molecule is C=C(N)N[C@@H]1/C=C\CCNC(=C)N2C(=O)OCC12.C=C(N)N[C@@H]1/C=C\CCNC(=C)N[C@H]1COC(=O)OCC(Cl)(Cl)Cl. The van der Waals surface area contributed by atoms with Crippen LogP contribution in [0.25, 0.3) is 0 Å². The first-order valence-corrected chi connectivity index (χ1v) is 14.1. The van der Waals surface area contributed by atoms with Crippen LogP contribution in [-0.4, -0.2) is 78.0 Å². The van der Waals surface area contributed by atoms with E-state index in [-0.39, 0.29) is 42.7 Å². The zero-order chi connectivity index (χ0) is 31.3. The maximum absolute atomic E-state index is 11.7. The number of ether oxygens (including phenoxy) is 3. The van der Waals surface area contributed by atoms with Gasteiger partial charge in [0.25, 0.3) is 0 Å². The Morgan fingerprint density at radius 1 is 1.05 bits per heavy atom. The molecule has 1 fully saturated rings. The predicted octanol–water partition coefficient (Wildman–Crippen LogP) is 2.09. The fourth-order valence-electron chi connectivity index (χ4n) is 4.02. The molecule has 42 heavy (non-hydrogen) atoms. The lowest BCUT2D eigenvalue weighted by molar-refractivity contribution is 0.0487. The quantitative estimate of drug-likeness (QED) is 0.122. The normalized spacial score (nSPS) is 25.5. The molecule has 0 radical (unpaired) electrons. The first-order valence-electron chi connectivity index (χ1n) is 13.0. The van der Waals surface area contributed by atoms with E-state index < -0.39 is 16.6 Å². The summed E-state index contributed by atoms with van der Waals surface area (Å²) in [5.74, 6) is 1.80. The predicted molar refractivity (Wildman–Crippen MR) is 164 cm³/mol. The molecular formula is C26H39Cl3N8O5. The smallest absolute Gasteiger partial charge is 0.447 e. The Labute approximate surface area is 260 Å². The molecule has 9 N–H and O–H groups in total. The minimum absolute atomic E-state index is 0.0331. The van der Waals surface area contributed by atoms with Gasteiger partial charge in [0.1, 0.15) is 25.6 Å². The van der Waals surface area contributed by atoms with Crippen molar-refractivity contribution >= 4 is 47.1 Å². The number of carbonyl (C=O) groups is 2. The topological polar surface area (TPSA) is 177 Å². The highest BCUT2D eigenvalue weighted by Gasteiger charge is 2.39. The summed E-state index contributed by atoms with van der Waals surface area (Å²) >= 11 is 16.5. The monoisotopic (exact) mass is 648 g/mol. The molecule has 0 bridgehead atoms. The maximum atomic E-state index is 11.7. The zero-order valence-electron chi connectivity index (χ0n) is 23.2. The van der Waals surface area contributed by atoms with E-state index in [1.807, 2.05) is 24.3 Å². The van der Waals surface area contributed by atoms with Crippen molar-refractivity contribution < 1.29 is 23.8 Å². The fraction of sp³-hybridized carbons (Fsp3) is 0.462. The Bertz CT molecular complexity index is 1070. The molecule has 3 heterocycles. The number of nitrogens with one attached hydrogen (secondary N) is 5. The Hall–Kier alpha value is -3.55. The van der Waals surface area contributed by atoms with Gasteiger partial charge in [0.15, 0.2) is 0 Å². The van der Waals surface area contributed by atoms with Gasteiger partial charge in [0.2, 0.25) is 3.79 Å². The van der Waals surface area contributed by atoms with E-state index in [9.17, 15) is 9.59 Å². The van der Waals surface area contributed by atoms with Crippen LogP contribution in [0.5, 0.6) is 0 Å². The molecule has 0 spiro atoms. The summed E-state index contributed by atoms with van der Waals surface area (Å²) in [6.45, 7) is 16.3. The Morgan fingerprint density at radius 2 is 1.64 bits per heavy atom. The van der Waals surface area contributed by atoms with Gasteiger partial charge in [-0.15, -0.1) is 0 Å². The number of hydrogen-bond acceptors (Lipinski definition) is 12. The standard InChI is InChI=1S/C14H21Cl3N4O3.C12H18N4O2/c1-9(18)20-11-5-3-4-6-19-10(2)21-12(11)7-23-13(22)24-8-14(15,16)17;1-8(13)15-10-5-3-4-6-14-9(2)16-11(10)7-18-12(16)17/h3,5,11-12,19-21H,1-2,4,6-8,18H2;3,5,10-11,14-15H,1-2,4,6-7,13H2/b2*5-3-/t11-,12+;10-,11?/m11/s1. The summed E-state index contributed by atoms with van der Waals surface area (Å²) in [7, 11) is 0. The van der Waals surface area contributed by atoms with Crippen LogP contribution in [0.3, 0.4) is 0 Å². The van der Waals surface area contributed by atoms with Gasteiger partial charge in [-0.2, -0.15) is 0 Å². The Morgan fingerprint density at radius 3 is 2.26 bits per heavy atom. The average Bonchev–Trinajstić information content (AvgIpc) is 3.33. The van der Waals surface area contributed by atoms with Crippen LogP contribution < -0.4 is 38.1 Å². The third-order valence-electron chi connectivity index (χ3n) is 5.82. The molecule has 13 nitrogen and oxygen atoms in total. The van der Waals surface area contributed by atoms with Crippen LogP contribution in [0.1, 0.15) is 12.8 Å². The average molecular weight is 650 g/mol. The molecule has 0 aromatic carbocycles. The van der Waals surface area contributed by atoms with Crippen molar-refractivity contribution in [2.75, 3.05) is 32.9 Å². The van der Waals surface area contributed by atoms with Gasteiger partial charge in [0, 0.05) is 13.1 Å². The zero-order valence-corrected chi connectivity index (χ0v) is 25.4. The highest BCUT2D eigenvalue weighted by Crippen LogP contribution is 2.26. The van der Waals surface area contributed by atoms with Gasteiger partial charge in [0.05, 0.1) is 41.6 Å². The number of alkyl halides is 3. The van der Waals surface area contributed by atoms with E-state index in [0.717, 1.165) is 25.9 Å². The number of carbonyl (C=O) groups excluding carboxylic acids is 2. The number of nitrogens with two attached hydrogens (primary N) is 2. The number of nitrogens with zero attached hydrogens (tertiary/aromatic N) is 1. The second kappa shape index (κ2) is 16.8. The molecule has 16 heteroatoms.